The number of nitrogens with zero attached hydrogens (tertiary/aromatic N) is 5. The third-order valence-corrected chi connectivity index (χ3v) is 6.28. The molecule has 4 rings (SSSR count). The maximum atomic E-state index is 13.2. The fraction of sp³-hybridized carbons (Fsp3) is 0.222. The molecule has 11 nitrogen and oxygen atoms in total. The van der Waals surface area contributed by atoms with Crippen molar-refractivity contribution >= 4 is 26.3 Å². The summed E-state index contributed by atoms with van der Waals surface area (Å²) in [6, 6.07) is 4.61. The number of fused-ring (bicyclic) bond motifs is 1. The summed E-state index contributed by atoms with van der Waals surface area (Å²) in [6.45, 7) is 0.0885. The first-order valence-electron chi connectivity index (χ1n) is 9.01. The predicted molar refractivity (Wildman–Crippen MR) is 108 cm³/mol. The molecule has 0 bridgehead atoms. The molecule has 0 unspecified atom stereocenters. The number of aliphatic hydroxyl groups is 1. The maximum Gasteiger partial charge on any atom is 0.275 e. The molecule has 0 aliphatic carbocycles. The average molecular weight is 429 g/mol. The van der Waals surface area contributed by atoms with Crippen molar-refractivity contribution in [2.24, 2.45) is 7.05 Å². The summed E-state index contributed by atoms with van der Waals surface area (Å²) in [5.74, 6) is 0. The summed E-state index contributed by atoms with van der Waals surface area (Å²) in [5, 5.41) is 27.5. The van der Waals surface area contributed by atoms with Crippen LogP contribution in [0.15, 0.2) is 57.6 Å². The van der Waals surface area contributed by atoms with Crippen LogP contribution in [0.2, 0.25) is 0 Å². The third-order valence-electron chi connectivity index (χ3n) is 4.53. The van der Waals surface area contributed by atoms with Crippen LogP contribution in [0.1, 0.15) is 5.69 Å². The van der Waals surface area contributed by atoms with Crippen LogP contribution in [0.3, 0.4) is 0 Å². The number of aryl methyl sites for hydroxylation is 1. The van der Waals surface area contributed by atoms with Crippen molar-refractivity contribution in [3.05, 3.63) is 59.0 Å². The Labute approximate surface area is 170 Å². The van der Waals surface area contributed by atoms with Crippen LogP contribution in [0, 0.1) is 0 Å². The van der Waals surface area contributed by atoms with E-state index in [1.165, 1.54) is 40.1 Å². The number of benzene rings is 1. The molecule has 0 aliphatic heterocycles. The number of hydrogen-bond acceptors (Lipinski definition) is 8. The summed E-state index contributed by atoms with van der Waals surface area (Å²) in [7, 11) is -2.29. The van der Waals surface area contributed by atoms with Crippen LogP contribution in [-0.2, 0) is 23.4 Å². The molecule has 156 valence electrons. The number of H-pyrrole nitrogens is 1. The second-order valence-electron chi connectivity index (χ2n) is 6.61. The largest absolute Gasteiger partial charge is 0.395 e. The van der Waals surface area contributed by atoms with Gasteiger partial charge < -0.3 is 10.4 Å². The Morgan fingerprint density at radius 1 is 1.23 bits per heavy atom. The minimum atomic E-state index is -3.91. The Morgan fingerprint density at radius 2 is 2.07 bits per heavy atom. The Morgan fingerprint density at radius 3 is 2.73 bits per heavy atom. The van der Waals surface area contributed by atoms with E-state index in [0.717, 1.165) is 0 Å². The molecule has 3 N–H and O–H groups in total. The van der Waals surface area contributed by atoms with E-state index in [0.29, 0.717) is 16.5 Å². The molecule has 3 heterocycles. The Kier molecular flexibility index (Phi) is 5.10. The normalized spacial score (nSPS) is 11.8. The summed E-state index contributed by atoms with van der Waals surface area (Å²) < 4.78 is 29.0. The Hall–Kier alpha value is -3.51. The average Bonchev–Trinajstić information content (AvgIpc) is 3.40. The van der Waals surface area contributed by atoms with Gasteiger partial charge in [-0.2, -0.15) is 15.3 Å². The van der Waals surface area contributed by atoms with Crippen LogP contribution in [0.4, 0.5) is 5.69 Å². The van der Waals surface area contributed by atoms with Crippen molar-refractivity contribution in [1.29, 1.82) is 0 Å². The lowest BCUT2D eigenvalue weighted by molar-refractivity contribution is 0.311. The second kappa shape index (κ2) is 7.72. The topological polar surface area (TPSA) is 148 Å². The van der Waals surface area contributed by atoms with E-state index in [2.05, 4.69) is 25.7 Å². The first-order valence-corrected chi connectivity index (χ1v) is 10.5. The van der Waals surface area contributed by atoms with E-state index in [4.69, 9.17) is 0 Å². The van der Waals surface area contributed by atoms with Gasteiger partial charge in [-0.05, 0) is 18.2 Å². The quantitative estimate of drug-likeness (QED) is 0.376. The molecule has 30 heavy (non-hydrogen) atoms. The van der Waals surface area contributed by atoms with E-state index in [9.17, 15) is 18.3 Å². The second-order valence-corrected chi connectivity index (χ2v) is 8.53. The summed E-state index contributed by atoms with van der Waals surface area (Å²) in [5.41, 5.74) is 0.473. The summed E-state index contributed by atoms with van der Waals surface area (Å²) in [4.78, 5) is 12.9. The van der Waals surface area contributed by atoms with Gasteiger partial charge in [0.25, 0.3) is 5.56 Å². The van der Waals surface area contributed by atoms with Gasteiger partial charge in [-0.3, -0.25) is 14.6 Å². The molecular formula is C18H19N7O4S. The molecule has 3 aromatic heterocycles. The van der Waals surface area contributed by atoms with Crippen LogP contribution in [0.25, 0.3) is 10.8 Å². The number of aromatic amines is 1. The highest BCUT2D eigenvalue weighted by molar-refractivity contribution is 7.91. The lowest BCUT2D eigenvalue weighted by Crippen LogP contribution is -2.24. The molecule has 0 aliphatic rings. The maximum absolute atomic E-state index is 13.2. The van der Waals surface area contributed by atoms with Crippen LogP contribution < -0.4 is 10.9 Å². The van der Waals surface area contributed by atoms with Gasteiger partial charge in [0.2, 0.25) is 9.84 Å². The van der Waals surface area contributed by atoms with Gasteiger partial charge in [0.1, 0.15) is 4.90 Å². The fourth-order valence-corrected chi connectivity index (χ4v) is 4.51. The lowest BCUT2D eigenvalue weighted by atomic mass is 10.1. The van der Waals surface area contributed by atoms with Gasteiger partial charge in [-0.1, -0.05) is 0 Å². The van der Waals surface area contributed by atoms with E-state index in [1.807, 2.05) is 0 Å². The van der Waals surface area contributed by atoms with Crippen LogP contribution >= 0.6 is 0 Å². The van der Waals surface area contributed by atoms with Crippen molar-refractivity contribution in [2.75, 3.05) is 18.5 Å². The zero-order valence-corrected chi connectivity index (χ0v) is 16.8. The fourth-order valence-electron chi connectivity index (χ4n) is 3.07. The zero-order valence-electron chi connectivity index (χ0n) is 16.0. The highest BCUT2D eigenvalue weighted by Crippen LogP contribution is 2.30. The Bertz CT molecular complexity index is 1360. The van der Waals surface area contributed by atoms with Gasteiger partial charge in [0, 0.05) is 31.4 Å². The molecule has 0 radical (unpaired) electrons. The van der Waals surface area contributed by atoms with Gasteiger partial charge in [-0.15, -0.1) is 0 Å². The Balaban J connectivity index is 1.87. The predicted octanol–water partition coefficient (Wildman–Crippen LogP) is 0.138. The summed E-state index contributed by atoms with van der Waals surface area (Å²) in [6.07, 6.45) is 5.75. The van der Waals surface area contributed by atoms with Gasteiger partial charge >= 0.3 is 0 Å². The van der Waals surface area contributed by atoms with E-state index in [1.54, 1.807) is 19.3 Å². The van der Waals surface area contributed by atoms with E-state index in [-0.39, 0.29) is 40.7 Å². The first kappa shape index (κ1) is 19.8. The number of anilines is 1. The highest BCUT2D eigenvalue weighted by Gasteiger charge is 2.24. The van der Waals surface area contributed by atoms with Crippen molar-refractivity contribution in [1.82, 2.24) is 29.8 Å². The van der Waals surface area contributed by atoms with E-state index >= 15 is 0 Å². The lowest BCUT2D eigenvalue weighted by Gasteiger charge is -2.13. The molecular weight excluding hydrogens is 410 g/mol. The standard InChI is InChI=1S/C18H19N7O4S/c1-24-11-14(9-21-24)30(28,29)17-6-12-8-22-25(10-13-2-3-20-23-13)18(27)15(12)7-16(17)19-4-5-26/h2-3,6-9,11,19,26H,4-5,10H2,1H3,(H,20,23). The minimum absolute atomic E-state index is 0.0243. The molecule has 4 aromatic rings. The van der Waals surface area contributed by atoms with Crippen LogP contribution in [0.5, 0.6) is 0 Å². The SMILES string of the molecule is Cn1cc(S(=O)(=O)c2cc3cnn(Cc4cc[nH]n4)c(=O)c3cc2NCCO)cn1. The van der Waals surface area contributed by atoms with Gasteiger partial charge in [-0.25, -0.2) is 13.1 Å². The molecule has 0 saturated carbocycles. The first-order chi connectivity index (χ1) is 14.4. The molecule has 1 aromatic carbocycles. The number of rotatable bonds is 7. The van der Waals surface area contributed by atoms with Crippen molar-refractivity contribution in [3.63, 3.8) is 0 Å². The van der Waals surface area contributed by atoms with Crippen molar-refractivity contribution in [2.45, 2.75) is 16.3 Å². The van der Waals surface area contributed by atoms with Crippen LogP contribution in [-0.4, -0.2) is 56.4 Å². The molecule has 0 amide bonds. The number of sulfone groups is 1. The zero-order chi connectivity index (χ0) is 21.3. The smallest absolute Gasteiger partial charge is 0.275 e. The number of hydrogen-bond donors (Lipinski definition) is 3. The molecule has 0 atom stereocenters. The van der Waals surface area contributed by atoms with Crippen molar-refractivity contribution in [3.8, 4) is 0 Å². The third kappa shape index (κ3) is 3.57. The van der Waals surface area contributed by atoms with E-state index < -0.39 is 9.84 Å². The van der Waals surface area contributed by atoms with Gasteiger partial charge in [0.05, 0.1) is 47.2 Å². The number of aromatic nitrogens is 6. The molecule has 0 saturated heterocycles. The summed E-state index contributed by atoms with van der Waals surface area (Å²) >= 11 is 0. The highest BCUT2D eigenvalue weighted by atomic mass is 32.2. The molecule has 0 fully saturated rings. The van der Waals surface area contributed by atoms with Gasteiger partial charge in [0.15, 0.2) is 0 Å². The minimum Gasteiger partial charge on any atom is -0.395 e. The number of nitrogens with one attached hydrogen (secondary N) is 2. The monoisotopic (exact) mass is 429 g/mol. The van der Waals surface area contributed by atoms with Crippen molar-refractivity contribution < 1.29 is 13.5 Å². The molecule has 0 spiro atoms. The number of aliphatic hydroxyl groups excluding tert-OH is 1. The molecule has 12 heteroatoms.